The van der Waals surface area contributed by atoms with Crippen molar-refractivity contribution in [2.24, 2.45) is 0 Å². The molecule has 0 bridgehead atoms. The van der Waals surface area contributed by atoms with Crippen molar-refractivity contribution in [1.82, 2.24) is 0 Å². The van der Waals surface area contributed by atoms with E-state index >= 15 is 0 Å². The van der Waals surface area contributed by atoms with Crippen LogP contribution in [0, 0.1) is 0 Å². The van der Waals surface area contributed by atoms with E-state index in [4.69, 9.17) is 18.9 Å². The van der Waals surface area contributed by atoms with E-state index in [2.05, 4.69) is 13.2 Å². The Hall–Kier alpha value is -3.54. The molecule has 0 saturated heterocycles. The first-order valence-electron chi connectivity index (χ1n) is 12.6. The van der Waals surface area contributed by atoms with Crippen LogP contribution in [0.15, 0.2) is 73.8 Å². The highest BCUT2D eigenvalue weighted by molar-refractivity contribution is 5.81. The molecule has 194 valence electrons. The van der Waals surface area contributed by atoms with Crippen LogP contribution < -0.4 is 9.47 Å². The highest BCUT2D eigenvalue weighted by Gasteiger charge is 2.11. The molecule has 0 radical (unpaired) electrons. The van der Waals surface area contributed by atoms with Crippen molar-refractivity contribution in [3.05, 3.63) is 73.8 Å². The van der Waals surface area contributed by atoms with Crippen LogP contribution in [0.25, 0.3) is 11.1 Å². The molecule has 6 nitrogen and oxygen atoms in total. The minimum atomic E-state index is -0.383. The number of hydrogen-bond donors (Lipinski definition) is 0. The van der Waals surface area contributed by atoms with Gasteiger partial charge in [-0.3, -0.25) is 0 Å². The molecule has 2 aromatic rings. The van der Waals surface area contributed by atoms with E-state index in [0.29, 0.717) is 13.2 Å². The molecule has 2 atom stereocenters. The van der Waals surface area contributed by atoms with Crippen LogP contribution in [0.4, 0.5) is 0 Å². The summed E-state index contributed by atoms with van der Waals surface area (Å²) in [5, 5.41) is 0. The summed E-state index contributed by atoms with van der Waals surface area (Å²) in [6, 6.07) is 15.9. The highest BCUT2D eigenvalue weighted by Crippen LogP contribution is 2.25. The highest BCUT2D eigenvalue weighted by atomic mass is 16.5. The Kier molecular flexibility index (Phi) is 12.9. The van der Waals surface area contributed by atoms with Crippen LogP contribution in [-0.4, -0.2) is 37.4 Å². The van der Waals surface area contributed by atoms with E-state index in [0.717, 1.165) is 61.2 Å². The summed E-state index contributed by atoms with van der Waals surface area (Å²) in [4.78, 5) is 22.7. The molecule has 0 aromatic heterocycles. The average molecular weight is 495 g/mol. The topological polar surface area (TPSA) is 71.1 Å². The fourth-order valence-electron chi connectivity index (χ4n) is 3.61. The molecular weight excluding hydrogens is 456 g/mol. The Balaban J connectivity index is 1.73. The third-order valence-electron chi connectivity index (χ3n) is 5.73. The monoisotopic (exact) mass is 494 g/mol. The van der Waals surface area contributed by atoms with Crippen molar-refractivity contribution in [3.63, 3.8) is 0 Å². The molecule has 0 spiro atoms. The first-order chi connectivity index (χ1) is 17.5. The lowest BCUT2D eigenvalue weighted by Gasteiger charge is -2.15. The summed E-state index contributed by atoms with van der Waals surface area (Å²) in [5.74, 6) is 0.844. The second-order valence-corrected chi connectivity index (χ2v) is 8.37. The van der Waals surface area contributed by atoms with Gasteiger partial charge in [0.15, 0.2) is 0 Å². The van der Waals surface area contributed by atoms with E-state index in [1.807, 2.05) is 62.4 Å². The minimum Gasteiger partial charge on any atom is -0.494 e. The smallest absolute Gasteiger partial charge is 0.330 e. The molecule has 2 aromatic carbocycles. The first-order valence-corrected chi connectivity index (χ1v) is 12.6. The van der Waals surface area contributed by atoms with Crippen LogP contribution >= 0.6 is 0 Å². The largest absolute Gasteiger partial charge is 0.494 e. The second kappa shape index (κ2) is 16.2. The number of esters is 2. The van der Waals surface area contributed by atoms with Gasteiger partial charge in [0.2, 0.25) is 0 Å². The maximum atomic E-state index is 11.3. The van der Waals surface area contributed by atoms with Gasteiger partial charge in [-0.2, -0.15) is 0 Å². The number of rotatable bonds is 17. The van der Waals surface area contributed by atoms with Gasteiger partial charge in [-0.1, -0.05) is 51.3 Å². The molecule has 36 heavy (non-hydrogen) atoms. The van der Waals surface area contributed by atoms with Crippen molar-refractivity contribution < 1.29 is 28.5 Å². The van der Waals surface area contributed by atoms with Gasteiger partial charge in [0.05, 0.1) is 13.2 Å². The lowest BCUT2D eigenvalue weighted by Crippen LogP contribution is -2.16. The number of ether oxygens (including phenoxy) is 4. The van der Waals surface area contributed by atoms with Gasteiger partial charge in [-0.25, -0.2) is 9.59 Å². The van der Waals surface area contributed by atoms with E-state index in [1.165, 1.54) is 12.2 Å². The predicted octanol–water partition coefficient (Wildman–Crippen LogP) is 6.69. The molecule has 0 aliphatic carbocycles. The molecule has 6 heteroatoms. The molecule has 0 N–H and O–H groups in total. The van der Waals surface area contributed by atoms with Gasteiger partial charge in [0.25, 0.3) is 0 Å². The second-order valence-electron chi connectivity index (χ2n) is 8.37. The molecule has 2 rings (SSSR count). The third kappa shape index (κ3) is 10.4. The Bertz CT molecular complexity index is 869. The number of carbonyl (C=O) groups is 2. The van der Waals surface area contributed by atoms with Gasteiger partial charge in [-0.05, 0) is 73.9 Å². The van der Waals surface area contributed by atoms with Gasteiger partial charge in [0.1, 0.15) is 23.7 Å². The third-order valence-corrected chi connectivity index (χ3v) is 5.73. The summed E-state index contributed by atoms with van der Waals surface area (Å²) in [7, 11) is 0. The zero-order valence-electron chi connectivity index (χ0n) is 21.4. The van der Waals surface area contributed by atoms with Crippen LogP contribution in [0.5, 0.6) is 11.5 Å². The molecule has 2 unspecified atom stereocenters. The maximum Gasteiger partial charge on any atom is 0.330 e. The van der Waals surface area contributed by atoms with Crippen molar-refractivity contribution in [3.8, 4) is 22.6 Å². The van der Waals surface area contributed by atoms with Gasteiger partial charge in [0, 0.05) is 12.2 Å². The average Bonchev–Trinajstić information content (AvgIpc) is 2.92. The minimum absolute atomic E-state index is 0.108. The standard InChI is InChI=1S/C30H38O6/c1-5-25(35-29(31)7-3)11-9-21-33-27-17-13-23(14-18-27)24-15-19-28(20-16-24)34-22-10-12-26(6-2)36-30(32)8-4/h7-8,13-20,25-26H,3-6,9-12,21-22H2,1-2H3. The van der Waals surface area contributed by atoms with E-state index in [-0.39, 0.29) is 24.1 Å². The van der Waals surface area contributed by atoms with E-state index in [9.17, 15) is 9.59 Å². The summed E-state index contributed by atoms with van der Waals surface area (Å²) in [5.41, 5.74) is 2.18. The number of carbonyl (C=O) groups excluding carboxylic acids is 2. The van der Waals surface area contributed by atoms with Gasteiger partial charge in [-0.15, -0.1) is 0 Å². The Morgan fingerprint density at radius 1 is 0.694 bits per heavy atom. The summed E-state index contributed by atoms with van der Waals surface area (Å²) in [6.07, 6.45) is 6.81. The fraction of sp³-hybridized carbons (Fsp3) is 0.400. The normalized spacial score (nSPS) is 12.2. The molecule has 0 heterocycles. The van der Waals surface area contributed by atoms with Crippen LogP contribution in [-0.2, 0) is 19.1 Å². The van der Waals surface area contributed by atoms with Gasteiger partial charge >= 0.3 is 11.9 Å². The molecule has 0 saturated carbocycles. The van der Waals surface area contributed by atoms with E-state index in [1.54, 1.807) is 0 Å². The number of hydrogen-bond acceptors (Lipinski definition) is 6. The SMILES string of the molecule is C=CC(=O)OC(CC)CCCOc1ccc(-c2ccc(OCCCC(CC)OC(=O)C=C)cc2)cc1. The van der Waals surface area contributed by atoms with Crippen LogP contribution in [0.1, 0.15) is 52.4 Å². The molecule has 0 amide bonds. The summed E-state index contributed by atoms with van der Waals surface area (Å²) < 4.78 is 22.3. The molecule has 0 fully saturated rings. The Morgan fingerprint density at radius 2 is 1.06 bits per heavy atom. The molecular formula is C30H38O6. The zero-order chi connectivity index (χ0) is 26.2. The quantitative estimate of drug-likeness (QED) is 0.139. The van der Waals surface area contributed by atoms with Crippen molar-refractivity contribution in [2.75, 3.05) is 13.2 Å². The molecule has 0 aliphatic heterocycles. The van der Waals surface area contributed by atoms with Crippen LogP contribution in [0.3, 0.4) is 0 Å². The van der Waals surface area contributed by atoms with Crippen LogP contribution in [0.2, 0.25) is 0 Å². The lowest BCUT2D eigenvalue weighted by molar-refractivity contribution is -0.144. The van der Waals surface area contributed by atoms with Gasteiger partial charge < -0.3 is 18.9 Å². The van der Waals surface area contributed by atoms with Crippen molar-refractivity contribution in [2.45, 2.75) is 64.6 Å². The summed E-state index contributed by atoms with van der Waals surface area (Å²) in [6.45, 7) is 12.0. The first kappa shape index (κ1) is 28.7. The van der Waals surface area contributed by atoms with E-state index < -0.39 is 0 Å². The molecule has 0 aliphatic rings. The predicted molar refractivity (Wildman–Crippen MR) is 142 cm³/mol. The van der Waals surface area contributed by atoms with Crippen molar-refractivity contribution in [1.29, 1.82) is 0 Å². The lowest BCUT2D eigenvalue weighted by atomic mass is 10.1. The fourth-order valence-corrected chi connectivity index (χ4v) is 3.61. The Morgan fingerprint density at radius 3 is 1.36 bits per heavy atom. The Labute approximate surface area is 214 Å². The number of benzene rings is 2. The van der Waals surface area contributed by atoms with Crippen molar-refractivity contribution >= 4 is 11.9 Å². The maximum absolute atomic E-state index is 11.3. The summed E-state index contributed by atoms with van der Waals surface area (Å²) >= 11 is 0. The zero-order valence-corrected chi connectivity index (χ0v) is 21.4.